The highest BCUT2D eigenvalue weighted by Gasteiger charge is 2.23. The van der Waals surface area contributed by atoms with E-state index in [9.17, 15) is 13.7 Å². The van der Waals surface area contributed by atoms with Gasteiger partial charge in [-0.25, -0.2) is 12.4 Å². The molecule has 0 amide bonds. The van der Waals surface area contributed by atoms with E-state index in [2.05, 4.69) is 5.16 Å². The molecule has 1 aromatic heterocycles. The van der Waals surface area contributed by atoms with Gasteiger partial charge < -0.3 is 5.21 Å². The number of nitriles is 1. The van der Waals surface area contributed by atoms with E-state index in [4.69, 9.17) is 5.21 Å². The Morgan fingerprint density at radius 1 is 1.13 bits per heavy atom. The van der Waals surface area contributed by atoms with Crippen LogP contribution < -0.4 is 0 Å². The number of nitrogens with zero attached hydrogens (tertiary/aromatic N) is 3. The standard InChI is InChI=1S/C16H11N3O3S/c17-10-12-5-4-8-16-15(12)9-13(11-18-20)19(16)23(21,22)14-6-2-1-3-7-14/h1-9,11,20H/b18-11+. The van der Waals surface area contributed by atoms with Crippen LogP contribution in [0.5, 0.6) is 0 Å². The normalized spacial score (nSPS) is 11.8. The summed E-state index contributed by atoms with van der Waals surface area (Å²) in [7, 11) is -3.90. The van der Waals surface area contributed by atoms with Gasteiger partial charge in [-0.15, -0.1) is 0 Å². The zero-order valence-electron chi connectivity index (χ0n) is 11.8. The number of fused-ring (bicyclic) bond motifs is 1. The Kier molecular flexibility index (Phi) is 3.60. The molecule has 0 aliphatic carbocycles. The summed E-state index contributed by atoms with van der Waals surface area (Å²) in [5.74, 6) is 0. The molecule has 0 atom stereocenters. The molecule has 0 aliphatic rings. The molecule has 6 nitrogen and oxygen atoms in total. The summed E-state index contributed by atoms with van der Waals surface area (Å²) in [4.78, 5) is 0.104. The number of rotatable bonds is 3. The largest absolute Gasteiger partial charge is 0.411 e. The molecule has 114 valence electrons. The van der Waals surface area contributed by atoms with Crippen LogP contribution in [0.25, 0.3) is 10.9 Å². The van der Waals surface area contributed by atoms with Gasteiger partial charge in [-0.3, -0.25) is 0 Å². The van der Waals surface area contributed by atoms with Gasteiger partial charge in [0.1, 0.15) is 0 Å². The summed E-state index contributed by atoms with van der Waals surface area (Å²) in [6, 6.07) is 16.3. The SMILES string of the molecule is N#Cc1cccc2c1cc(/C=N/O)n2S(=O)(=O)c1ccccc1. The zero-order chi connectivity index (χ0) is 16.4. The minimum atomic E-state index is -3.90. The van der Waals surface area contributed by atoms with Crippen molar-refractivity contribution in [3.63, 3.8) is 0 Å². The summed E-state index contributed by atoms with van der Waals surface area (Å²) in [6.07, 6.45) is 1.03. The van der Waals surface area contributed by atoms with Crippen molar-refractivity contribution in [2.45, 2.75) is 4.90 Å². The Morgan fingerprint density at radius 3 is 2.52 bits per heavy atom. The van der Waals surface area contributed by atoms with Crippen molar-refractivity contribution < 1.29 is 13.6 Å². The van der Waals surface area contributed by atoms with Gasteiger partial charge in [0, 0.05) is 5.39 Å². The van der Waals surface area contributed by atoms with Crippen LogP contribution in [0.2, 0.25) is 0 Å². The molecule has 0 fully saturated rings. The molecule has 3 rings (SSSR count). The van der Waals surface area contributed by atoms with Crippen LogP contribution in [0.4, 0.5) is 0 Å². The average molecular weight is 325 g/mol. The Bertz CT molecular complexity index is 1050. The Balaban J connectivity index is 2.41. The first-order valence-corrected chi connectivity index (χ1v) is 8.06. The Hall–Kier alpha value is -3.11. The minimum absolute atomic E-state index is 0.104. The molecular formula is C16H11N3O3S. The molecule has 0 unspecified atom stereocenters. The van der Waals surface area contributed by atoms with Crippen LogP contribution in [-0.2, 0) is 10.0 Å². The Labute approximate surface area is 132 Å². The lowest BCUT2D eigenvalue weighted by atomic mass is 10.1. The number of hydrogen-bond acceptors (Lipinski definition) is 5. The molecule has 7 heteroatoms. The van der Waals surface area contributed by atoms with E-state index in [1.807, 2.05) is 6.07 Å². The molecule has 2 aromatic carbocycles. The van der Waals surface area contributed by atoms with E-state index in [0.29, 0.717) is 16.5 Å². The van der Waals surface area contributed by atoms with E-state index >= 15 is 0 Å². The fourth-order valence-electron chi connectivity index (χ4n) is 2.44. The van der Waals surface area contributed by atoms with Crippen LogP contribution in [0.15, 0.2) is 64.6 Å². The molecule has 1 heterocycles. The summed E-state index contributed by atoms with van der Waals surface area (Å²) >= 11 is 0. The predicted octanol–water partition coefficient (Wildman–Crippen LogP) is 2.56. The van der Waals surface area contributed by atoms with Crippen LogP contribution in [-0.4, -0.2) is 23.8 Å². The van der Waals surface area contributed by atoms with Crippen molar-refractivity contribution in [3.05, 3.63) is 65.9 Å². The highest BCUT2D eigenvalue weighted by molar-refractivity contribution is 7.90. The van der Waals surface area contributed by atoms with E-state index in [0.717, 1.165) is 10.2 Å². The first kappa shape index (κ1) is 14.8. The summed E-state index contributed by atoms with van der Waals surface area (Å²) in [6.45, 7) is 0. The maximum Gasteiger partial charge on any atom is 0.268 e. The van der Waals surface area contributed by atoms with Crippen molar-refractivity contribution in [1.29, 1.82) is 5.26 Å². The third-order valence-corrected chi connectivity index (χ3v) is 5.18. The average Bonchev–Trinajstić information content (AvgIpc) is 2.94. The molecule has 0 bridgehead atoms. The Morgan fingerprint density at radius 2 is 1.87 bits per heavy atom. The van der Waals surface area contributed by atoms with Gasteiger partial charge in [0.05, 0.1) is 34.0 Å². The number of benzene rings is 2. The summed E-state index contributed by atoms with van der Waals surface area (Å²) in [5, 5.41) is 21.4. The minimum Gasteiger partial charge on any atom is -0.411 e. The highest BCUT2D eigenvalue weighted by atomic mass is 32.2. The van der Waals surface area contributed by atoms with Gasteiger partial charge in [-0.1, -0.05) is 29.4 Å². The van der Waals surface area contributed by atoms with E-state index < -0.39 is 10.0 Å². The molecule has 0 saturated heterocycles. The van der Waals surface area contributed by atoms with Crippen molar-refractivity contribution >= 4 is 27.1 Å². The van der Waals surface area contributed by atoms with Crippen LogP contribution >= 0.6 is 0 Å². The lowest BCUT2D eigenvalue weighted by Gasteiger charge is -2.09. The lowest BCUT2D eigenvalue weighted by molar-refractivity contribution is 0.321. The second-order valence-electron chi connectivity index (χ2n) is 4.75. The van der Waals surface area contributed by atoms with Crippen molar-refractivity contribution in [3.8, 4) is 6.07 Å². The zero-order valence-corrected chi connectivity index (χ0v) is 12.6. The van der Waals surface area contributed by atoms with Gasteiger partial charge in [0.25, 0.3) is 10.0 Å². The summed E-state index contributed by atoms with van der Waals surface area (Å²) in [5.41, 5.74) is 0.856. The van der Waals surface area contributed by atoms with Gasteiger partial charge in [0.15, 0.2) is 0 Å². The quantitative estimate of drug-likeness (QED) is 0.455. The molecule has 1 N–H and O–H groups in total. The molecular weight excluding hydrogens is 314 g/mol. The van der Waals surface area contributed by atoms with E-state index in [-0.39, 0.29) is 10.6 Å². The van der Waals surface area contributed by atoms with Crippen LogP contribution in [0.3, 0.4) is 0 Å². The maximum atomic E-state index is 12.9. The van der Waals surface area contributed by atoms with E-state index in [1.54, 1.807) is 36.4 Å². The molecule has 0 aliphatic heterocycles. The molecule has 0 spiro atoms. The third kappa shape index (κ3) is 2.35. The van der Waals surface area contributed by atoms with Crippen molar-refractivity contribution in [1.82, 2.24) is 3.97 Å². The van der Waals surface area contributed by atoms with Crippen LogP contribution in [0.1, 0.15) is 11.3 Å². The topological polar surface area (TPSA) is 95.4 Å². The van der Waals surface area contributed by atoms with E-state index in [1.165, 1.54) is 18.2 Å². The first-order valence-electron chi connectivity index (χ1n) is 6.62. The molecule has 0 saturated carbocycles. The fraction of sp³-hybridized carbons (Fsp3) is 0. The lowest BCUT2D eigenvalue weighted by Crippen LogP contribution is -2.15. The molecule has 23 heavy (non-hydrogen) atoms. The number of hydrogen-bond donors (Lipinski definition) is 1. The molecule has 0 radical (unpaired) electrons. The van der Waals surface area contributed by atoms with Crippen molar-refractivity contribution in [2.75, 3.05) is 0 Å². The van der Waals surface area contributed by atoms with Gasteiger partial charge in [0.2, 0.25) is 0 Å². The smallest absolute Gasteiger partial charge is 0.268 e. The van der Waals surface area contributed by atoms with Gasteiger partial charge in [-0.05, 0) is 30.3 Å². The number of aromatic nitrogens is 1. The van der Waals surface area contributed by atoms with Gasteiger partial charge in [-0.2, -0.15) is 5.26 Å². The van der Waals surface area contributed by atoms with Crippen LogP contribution in [0, 0.1) is 11.3 Å². The van der Waals surface area contributed by atoms with Crippen molar-refractivity contribution in [2.24, 2.45) is 5.16 Å². The second-order valence-corrected chi connectivity index (χ2v) is 6.53. The summed E-state index contributed by atoms with van der Waals surface area (Å²) < 4.78 is 26.9. The third-order valence-electron chi connectivity index (χ3n) is 3.42. The molecule has 3 aromatic rings. The number of oxime groups is 1. The maximum absolute atomic E-state index is 12.9. The second kappa shape index (κ2) is 5.59. The fourth-order valence-corrected chi connectivity index (χ4v) is 3.95. The first-order chi connectivity index (χ1) is 11.1. The predicted molar refractivity (Wildman–Crippen MR) is 85.1 cm³/mol. The highest BCUT2D eigenvalue weighted by Crippen LogP contribution is 2.27. The van der Waals surface area contributed by atoms with Gasteiger partial charge >= 0.3 is 0 Å². The monoisotopic (exact) mass is 325 g/mol.